The van der Waals surface area contributed by atoms with Crippen LogP contribution in [-0.2, 0) is 0 Å². The van der Waals surface area contributed by atoms with Gasteiger partial charge in [-0.15, -0.1) is 0 Å². The van der Waals surface area contributed by atoms with E-state index in [0.717, 1.165) is 0 Å². The van der Waals surface area contributed by atoms with Crippen LogP contribution in [0.1, 0.15) is 18.7 Å². The van der Waals surface area contributed by atoms with Crippen molar-refractivity contribution in [2.45, 2.75) is 13.0 Å². The SMILES string of the molecule is C=C(C)C(O)c1ccncn1. The van der Waals surface area contributed by atoms with Gasteiger partial charge in [0.2, 0.25) is 0 Å². The van der Waals surface area contributed by atoms with E-state index in [2.05, 4.69) is 16.5 Å². The minimum absolute atomic E-state index is 0.590. The number of nitrogens with zero attached hydrogens (tertiary/aromatic N) is 2. The maximum absolute atomic E-state index is 9.41. The summed E-state index contributed by atoms with van der Waals surface area (Å²) in [4.78, 5) is 7.61. The summed E-state index contributed by atoms with van der Waals surface area (Å²) in [6.45, 7) is 5.38. The first kappa shape index (κ1) is 7.88. The van der Waals surface area contributed by atoms with Gasteiger partial charge in [-0.25, -0.2) is 9.97 Å². The molecule has 0 spiro atoms. The highest BCUT2D eigenvalue weighted by Crippen LogP contribution is 2.15. The van der Waals surface area contributed by atoms with E-state index < -0.39 is 6.10 Å². The molecule has 1 atom stereocenters. The third-order valence-corrected chi connectivity index (χ3v) is 1.35. The van der Waals surface area contributed by atoms with E-state index in [1.54, 1.807) is 19.2 Å². The van der Waals surface area contributed by atoms with Crippen LogP contribution < -0.4 is 0 Å². The van der Waals surface area contributed by atoms with Crippen LogP contribution in [0.4, 0.5) is 0 Å². The summed E-state index contributed by atoms with van der Waals surface area (Å²) in [6, 6.07) is 1.67. The summed E-state index contributed by atoms with van der Waals surface area (Å²) >= 11 is 0. The van der Waals surface area contributed by atoms with E-state index in [4.69, 9.17) is 0 Å². The van der Waals surface area contributed by atoms with E-state index >= 15 is 0 Å². The maximum Gasteiger partial charge on any atom is 0.117 e. The first-order valence-corrected chi connectivity index (χ1v) is 3.31. The fourth-order valence-electron chi connectivity index (χ4n) is 0.715. The van der Waals surface area contributed by atoms with Gasteiger partial charge in [0.15, 0.2) is 0 Å². The lowest BCUT2D eigenvalue weighted by Crippen LogP contribution is -2.00. The highest BCUT2D eigenvalue weighted by Gasteiger charge is 2.07. The Morgan fingerprint density at radius 1 is 1.73 bits per heavy atom. The van der Waals surface area contributed by atoms with Crippen LogP contribution in [0.5, 0.6) is 0 Å². The van der Waals surface area contributed by atoms with Crippen molar-refractivity contribution in [1.29, 1.82) is 0 Å². The highest BCUT2D eigenvalue weighted by atomic mass is 16.3. The van der Waals surface area contributed by atoms with Gasteiger partial charge in [-0.2, -0.15) is 0 Å². The quantitative estimate of drug-likeness (QED) is 0.642. The monoisotopic (exact) mass is 150 g/mol. The molecule has 0 saturated heterocycles. The molecule has 0 aliphatic carbocycles. The second kappa shape index (κ2) is 3.25. The minimum atomic E-state index is -0.669. The predicted octanol–water partition coefficient (Wildman–Crippen LogP) is 1.09. The van der Waals surface area contributed by atoms with E-state index in [1.165, 1.54) is 6.33 Å². The van der Waals surface area contributed by atoms with Crippen LogP contribution in [-0.4, -0.2) is 15.1 Å². The smallest absolute Gasteiger partial charge is 0.117 e. The molecule has 1 unspecified atom stereocenters. The van der Waals surface area contributed by atoms with Crippen LogP contribution in [0, 0.1) is 0 Å². The Morgan fingerprint density at radius 2 is 2.45 bits per heavy atom. The van der Waals surface area contributed by atoms with Crippen molar-refractivity contribution < 1.29 is 5.11 Å². The summed E-state index contributed by atoms with van der Waals surface area (Å²) in [6.07, 6.45) is 2.33. The Kier molecular flexibility index (Phi) is 2.33. The summed E-state index contributed by atoms with van der Waals surface area (Å²) < 4.78 is 0. The normalized spacial score (nSPS) is 12.5. The number of aliphatic hydroxyl groups is 1. The zero-order valence-electron chi connectivity index (χ0n) is 6.36. The standard InChI is InChI=1S/C8H10N2O/c1-6(2)8(11)7-3-4-9-5-10-7/h3-5,8,11H,1H2,2H3. The van der Waals surface area contributed by atoms with Crippen molar-refractivity contribution in [1.82, 2.24) is 9.97 Å². The predicted molar refractivity (Wildman–Crippen MR) is 41.8 cm³/mol. The molecule has 0 fully saturated rings. The molecule has 1 rings (SSSR count). The van der Waals surface area contributed by atoms with Gasteiger partial charge in [-0.3, -0.25) is 0 Å². The van der Waals surface area contributed by atoms with Crippen LogP contribution in [0.25, 0.3) is 0 Å². The minimum Gasteiger partial charge on any atom is -0.382 e. The fraction of sp³-hybridized carbons (Fsp3) is 0.250. The molecule has 3 nitrogen and oxygen atoms in total. The Labute approximate surface area is 65.4 Å². The van der Waals surface area contributed by atoms with Gasteiger partial charge >= 0.3 is 0 Å². The lowest BCUT2D eigenvalue weighted by Gasteiger charge is -2.07. The van der Waals surface area contributed by atoms with Crippen LogP contribution in [0.3, 0.4) is 0 Å². The lowest BCUT2D eigenvalue weighted by molar-refractivity contribution is 0.211. The molecule has 3 heteroatoms. The highest BCUT2D eigenvalue weighted by molar-refractivity contribution is 5.13. The van der Waals surface area contributed by atoms with E-state index in [0.29, 0.717) is 11.3 Å². The van der Waals surface area contributed by atoms with Crippen LogP contribution in [0.2, 0.25) is 0 Å². The summed E-state index contributed by atoms with van der Waals surface area (Å²) in [5, 5.41) is 9.41. The van der Waals surface area contributed by atoms with Gasteiger partial charge in [0, 0.05) is 6.20 Å². The average Bonchev–Trinajstić information content (AvgIpc) is 2.05. The Hall–Kier alpha value is -1.22. The lowest BCUT2D eigenvalue weighted by atomic mass is 10.1. The largest absolute Gasteiger partial charge is 0.382 e. The number of hydrogen-bond acceptors (Lipinski definition) is 3. The molecule has 0 saturated carbocycles. The Morgan fingerprint density at radius 3 is 2.91 bits per heavy atom. The molecule has 0 radical (unpaired) electrons. The van der Waals surface area contributed by atoms with Crippen molar-refractivity contribution in [3.63, 3.8) is 0 Å². The Bertz CT molecular complexity index is 246. The molecular weight excluding hydrogens is 140 g/mol. The van der Waals surface area contributed by atoms with Crippen molar-refractivity contribution in [2.24, 2.45) is 0 Å². The molecule has 58 valence electrons. The molecule has 0 aliphatic rings. The first-order chi connectivity index (χ1) is 5.22. The number of aromatic nitrogens is 2. The van der Waals surface area contributed by atoms with E-state index in [9.17, 15) is 5.11 Å². The van der Waals surface area contributed by atoms with Gasteiger partial charge in [0.05, 0.1) is 5.69 Å². The molecular formula is C8H10N2O. The number of hydrogen-bond donors (Lipinski definition) is 1. The van der Waals surface area contributed by atoms with Crippen molar-refractivity contribution in [3.8, 4) is 0 Å². The maximum atomic E-state index is 9.41. The summed E-state index contributed by atoms with van der Waals surface area (Å²) in [5.41, 5.74) is 1.27. The second-order valence-electron chi connectivity index (χ2n) is 2.38. The molecule has 11 heavy (non-hydrogen) atoms. The Balaban J connectivity index is 2.85. The first-order valence-electron chi connectivity index (χ1n) is 3.31. The molecule has 0 aromatic carbocycles. The van der Waals surface area contributed by atoms with E-state index in [1.807, 2.05) is 0 Å². The van der Waals surface area contributed by atoms with Gasteiger partial charge < -0.3 is 5.11 Å². The second-order valence-corrected chi connectivity index (χ2v) is 2.38. The summed E-state index contributed by atoms with van der Waals surface area (Å²) in [7, 11) is 0. The molecule has 1 aromatic rings. The van der Waals surface area contributed by atoms with Crippen molar-refractivity contribution >= 4 is 0 Å². The van der Waals surface area contributed by atoms with E-state index in [-0.39, 0.29) is 0 Å². The van der Waals surface area contributed by atoms with Gasteiger partial charge in [0.25, 0.3) is 0 Å². The fourth-order valence-corrected chi connectivity index (χ4v) is 0.715. The van der Waals surface area contributed by atoms with Crippen LogP contribution >= 0.6 is 0 Å². The van der Waals surface area contributed by atoms with Crippen molar-refractivity contribution in [3.05, 3.63) is 36.4 Å². The van der Waals surface area contributed by atoms with Crippen molar-refractivity contribution in [2.75, 3.05) is 0 Å². The third kappa shape index (κ3) is 1.85. The molecule has 0 aliphatic heterocycles. The van der Waals surface area contributed by atoms with Gasteiger partial charge in [0.1, 0.15) is 12.4 Å². The molecule has 1 N–H and O–H groups in total. The molecule has 0 amide bonds. The summed E-state index contributed by atoms with van der Waals surface area (Å²) in [5.74, 6) is 0. The van der Waals surface area contributed by atoms with Crippen LogP contribution in [0.15, 0.2) is 30.7 Å². The third-order valence-electron chi connectivity index (χ3n) is 1.35. The van der Waals surface area contributed by atoms with Gasteiger partial charge in [-0.1, -0.05) is 6.58 Å². The zero-order valence-corrected chi connectivity index (χ0v) is 6.36. The molecule has 1 heterocycles. The topological polar surface area (TPSA) is 46.0 Å². The number of aliphatic hydroxyl groups excluding tert-OH is 1. The molecule has 1 aromatic heterocycles. The zero-order chi connectivity index (χ0) is 8.27. The average molecular weight is 150 g/mol. The van der Waals surface area contributed by atoms with Gasteiger partial charge in [-0.05, 0) is 18.6 Å². The number of rotatable bonds is 2. The molecule has 0 bridgehead atoms.